The molecule has 1 aliphatic rings. The molecular weight excluding hydrogens is 191 g/mol. The summed E-state index contributed by atoms with van der Waals surface area (Å²) in [5.41, 5.74) is 0.843. The molecule has 0 amide bonds. The van der Waals surface area contributed by atoms with E-state index < -0.39 is 0 Å². The third kappa shape index (κ3) is 2.37. The first-order valence-corrected chi connectivity index (χ1v) is 5.51. The van der Waals surface area contributed by atoms with Crippen LogP contribution in [0.4, 0.5) is 4.39 Å². The molecule has 1 fully saturated rings. The molecule has 0 bridgehead atoms. The highest BCUT2D eigenvalue weighted by molar-refractivity contribution is 5.19. The molecule has 1 aliphatic carbocycles. The summed E-state index contributed by atoms with van der Waals surface area (Å²) < 4.78 is 13.4. The standard InChI is InChI=1S/C13H17FO/c1-13(7-6-11(15)9-13)8-10-4-2-3-5-12(10)14/h2-5,11,15H,6-9H2,1H3. The van der Waals surface area contributed by atoms with Gasteiger partial charge in [0.2, 0.25) is 0 Å². The van der Waals surface area contributed by atoms with E-state index in [-0.39, 0.29) is 17.3 Å². The molecule has 2 rings (SSSR count). The van der Waals surface area contributed by atoms with Crippen LogP contribution in [-0.4, -0.2) is 11.2 Å². The summed E-state index contributed by atoms with van der Waals surface area (Å²) in [7, 11) is 0. The lowest BCUT2D eigenvalue weighted by molar-refractivity contribution is 0.163. The van der Waals surface area contributed by atoms with Crippen LogP contribution < -0.4 is 0 Å². The van der Waals surface area contributed by atoms with Gasteiger partial charge in [-0.2, -0.15) is 0 Å². The second kappa shape index (κ2) is 3.93. The van der Waals surface area contributed by atoms with Crippen molar-refractivity contribution in [2.45, 2.75) is 38.7 Å². The minimum Gasteiger partial charge on any atom is -0.393 e. The highest BCUT2D eigenvalue weighted by Crippen LogP contribution is 2.40. The first-order chi connectivity index (χ1) is 7.09. The summed E-state index contributed by atoms with van der Waals surface area (Å²) in [6.07, 6.45) is 3.17. The van der Waals surface area contributed by atoms with Crippen LogP contribution in [0.15, 0.2) is 24.3 Å². The zero-order chi connectivity index (χ0) is 10.9. The van der Waals surface area contributed by atoms with Crippen LogP contribution >= 0.6 is 0 Å². The van der Waals surface area contributed by atoms with Crippen LogP contribution in [0.25, 0.3) is 0 Å². The predicted octanol–water partition coefficient (Wildman–Crippen LogP) is 2.92. The first kappa shape index (κ1) is 10.6. The molecule has 2 atom stereocenters. The predicted molar refractivity (Wildman–Crippen MR) is 58.1 cm³/mol. The quantitative estimate of drug-likeness (QED) is 0.792. The zero-order valence-corrected chi connectivity index (χ0v) is 9.04. The van der Waals surface area contributed by atoms with E-state index in [0.717, 1.165) is 31.2 Å². The van der Waals surface area contributed by atoms with Crippen molar-refractivity contribution in [2.24, 2.45) is 5.41 Å². The maximum absolute atomic E-state index is 13.4. The molecule has 2 unspecified atom stereocenters. The van der Waals surface area contributed by atoms with E-state index in [1.165, 1.54) is 6.07 Å². The van der Waals surface area contributed by atoms with Crippen molar-refractivity contribution in [3.05, 3.63) is 35.6 Å². The molecule has 1 aromatic rings. The van der Waals surface area contributed by atoms with E-state index in [9.17, 15) is 9.50 Å². The van der Waals surface area contributed by atoms with Gasteiger partial charge in [0.15, 0.2) is 0 Å². The first-order valence-electron chi connectivity index (χ1n) is 5.51. The second-order valence-electron chi connectivity index (χ2n) is 4.98. The van der Waals surface area contributed by atoms with Crippen LogP contribution in [0.5, 0.6) is 0 Å². The Morgan fingerprint density at radius 2 is 2.20 bits per heavy atom. The van der Waals surface area contributed by atoms with E-state index in [4.69, 9.17) is 0 Å². The molecule has 15 heavy (non-hydrogen) atoms. The van der Waals surface area contributed by atoms with Crippen molar-refractivity contribution in [1.82, 2.24) is 0 Å². The van der Waals surface area contributed by atoms with Gasteiger partial charge < -0.3 is 5.11 Å². The highest BCUT2D eigenvalue weighted by Gasteiger charge is 2.34. The van der Waals surface area contributed by atoms with Crippen LogP contribution in [0.1, 0.15) is 31.7 Å². The maximum Gasteiger partial charge on any atom is 0.126 e. The molecule has 1 N–H and O–H groups in total. The summed E-state index contributed by atoms with van der Waals surface area (Å²) in [5.74, 6) is -0.125. The van der Waals surface area contributed by atoms with Gasteiger partial charge in [-0.1, -0.05) is 25.1 Å². The Hall–Kier alpha value is -0.890. The maximum atomic E-state index is 13.4. The van der Waals surface area contributed by atoms with Gasteiger partial charge in [0.05, 0.1) is 6.10 Å². The molecule has 0 heterocycles. The largest absolute Gasteiger partial charge is 0.393 e. The number of halogens is 1. The summed E-state index contributed by atoms with van der Waals surface area (Å²) >= 11 is 0. The Balaban J connectivity index is 2.12. The number of hydrogen-bond donors (Lipinski definition) is 1. The number of aliphatic hydroxyl groups is 1. The number of benzene rings is 1. The molecule has 2 heteroatoms. The fourth-order valence-corrected chi connectivity index (χ4v) is 2.55. The van der Waals surface area contributed by atoms with Gasteiger partial charge >= 0.3 is 0 Å². The third-order valence-corrected chi connectivity index (χ3v) is 3.38. The molecule has 1 saturated carbocycles. The molecule has 0 aromatic heterocycles. The van der Waals surface area contributed by atoms with E-state index >= 15 is 0 Å². The lowest BCUT2D eigenvalue weighted by Gasteiger charge is -2.23. The highest BCUT2D eigenvalue weighted by atomic mass is 19.1. The smallest absolute Gasteiger partial charge is 0.126 e. The zero-order valence-electron chi connectivity index (χ0n) is 9.04. The number of hydrogen-bond acceptors (Lipinski definition) is 1. The lowest BCUT2D eigenvalue weighted by atomic mass is 9.82. The molecule has 1 aromatic carbocycles. The Labute approximate surface area is 89.9 Å². The molecule has 0 radical (unpaired) electrons. The van der Waals surface area contributed by atoms with Crippen LogP contribution in [0.3, 0.4) is 0 Å². The average molecular weight is 208 g/mol. The summed E-state index contributed by atoms with van der Waals surface area (Å²) in [4.78, 5) is 0. The fraction of sp³-hybridized carbons (Fsp3) is 0.538. The van der Waals surface area contributed by atoms with E-state index in [1.807, 2.05) is 12.1 Å². The number of aliphatic hydroxyl groups excluding tert-OH is 1. The van der Waals surface area contributed by atoms with Gasteiger partial charge in [0, 0.05) is 0 Å². The van der Waals surface area contributed by atoms with Gasteiger partial charge in [-0.25, -0.2) is 4.39 Å². The van der Waals surface area contributed by atoms with Gasteiger partial charge in [0.25, 0.3) is 0 Å². The van der Waals surface area contributed by atoms with Crippen molar-refractivity contribution in [3.63, 3.8) is 0 Å². The van der Waals surface area contributed by atoms with Crippen LogP contribution in [0.2, 0.25) is 0 Å². The molecule has 82 valence electrons. The van der Waals surface area contributed by atoms with Crippen LogP contribution in [-0.2, 0) is 6.42 Å². The Kier molecular flexibility index (Phi) is 2.79. The Bertz CT molecular complexity index is 350. The van der Waals surface area contributed by atoms with Gasteiger partial charge in [-0.15, -0.1) is 0 Å². The molecular formula is C13H17FO. The van der Waals surface area contributed by atoms with E-state index in [0.29, 0.717) is 0 Å². The number of rotatable bonds is 2. The minimum atomic E-state index is -0.193. The van der Waals surface area contributed by atoms with Gasteiger partial charge in [-0.05, 0) is 42.7 Å². The topological polar surface area (TPSA) is 20.2 Å². The summed E-state index contributed by atoms with van der Waals surface area (Å²) in [6, 6.07) is 6.92. The second-order valence-corrected chi connectivity index (χ2v) is 4.98. The average Bonchev–Trinajstić information content (AvgIpc) is 2.51. The summed E-state index contributed by atoms with van der Waals surface area (Å²) in [6.45, 7) is 2.13. The molecule has 1 nitrogen and oxygen atoms in total. The molecule has 0 saturated heterocycles. The monoisotopic (exact) mass is 208 g/mol. The van der Waals surface area contributed by atoms with Gasteiger partial charge in [0.1, 0.15) is 5.82 Å². The third-order valence-electron chi connectivity index (χ3n) is 3.38. The molecule has 0 aliphatic heterocycles. The van der Waals surface area contributed by atoms with Crippen molar-refractivity contribution in [1.29, 1.82) is 0 Å². The SMILES string of the molecule is CC1(Cc2ccccc2F)CCC(O)C1. The summed E-state index contributed by atoms with van der Waals surface area (Å²) in [5, 5.41) is 9.52. The normalized spacial score (nSPS) is 30.7. The lowest BCUT2D eigenvalue weighted by Crippen LogP contribution is -2.17. The van der Waals surface area contributed by atoms with E-state index in [1.54, 1.807) is 6.07 Å². The molecule has 0 spiro atoms. The van der Waals surface area contributed by atoms with Crippen molar-refractivity contribution < 1.29 is 9.50 Å². The fourth-order valence-electron chi connectivity index (χ4n) is 2.55. The van der Waals surface area contributed by atoms with Crippen molar-refractivity contribution in [3.8, 4) is 0 Å². The Morgan fingerprint density at radius 1 is 1.47 bits per heavy atom. The Morgan fingerprint density at radius 3 is 2.80 bits per heavy atom. The van der Waals surface area contributed by atoms with Crippen molar-refractivity contribution >= 4 is 0 Å². The van der Waals surface area contributed by atoms with Gasteiger partial charge in [-0.3, -0.25) is 0 Å². The van der Waals surface area contributed by atoms with E-state index in [2.05, 4.69) is 6.92 Å². The van der Waals surface area contributed by atoms with Crippen molar-refractivity contribution in [2.75, 3.05) is 0 Å². The minimum absolute atomic E-state index is 0.0710. The van der Waals surface area contributed by atoms with Crippen LogP contribution in [0, 0.1) is 11.2 Å².